The van der Waals surface area contributed by atoms with Crippen LogP contribution in [0.25, 0.3) is 54.6 Å². The molecule has 0 heterocycles. The Kier molecular flexibility index (Phi) is 10.8. The zero-order valence-electron chi connectivity index (χ0n) is 38.3. The second-order valence-electron chi connectivity index (χ2n) is 18.1. The summed E-state index contributed by atoms with van der Waals surface area (Å²) < 4.78 is 0. The first-order chi connectivity index (χ1) is 32.1. The van der Waals surface area contributed by atoms with Crippen molar-refractivity contribution in [3.05, 3.63) is 215 Å². The van der Waals surface area contributed by atoms with Gasteiger partial charge in [0.2, 0.25) is 0 Å². The molecule has 0 unspecified atom stereocenters. The molecule has 4 heteroatoms. The predicted molar refractivity (Wildman–Crippen MR) is 277 cm³/mol. The van der Waals surface area contributed by atoms with E-state index in [4.69, 9.17) is 0 Å². The summed E-state index contributed by atoms with van der Waals surface area (Å²) in [7, 11) is 0. The Hall–Kier alpha value is -8.18. The normalized spacial score (nSPS) is 11.4. The summed E-state index contributed by atoms with van der Waals surface area (Å²) in [5.41, 5.74) is 17.2. The van der Waals surface area contributed by atoms with Crippen molar-refractivity contribution in [3.8, 4) is 34.4 Å². The molecule has 0 fully saturated rings. The molecule has 0 radical (unpaired) electrons. The van der Waals surface area contributed by atoms with Gasteiger partial charge in [0.1, 0.15) is 0 Å². The molecule has 4 nitrogen and oxygen atoms in total. The highest BCUT2D eigenvalue weighted by Crippen LogP contribution is 2.52. The highest BCUT2D eigenvalue weighted by Gasteiger charge is 2.27. The quantitative estimate of drug-likeness (QED) is 0.129. The number of nitriles is 2. The monoisotopic (exact) mass is 850 g/mol. The standard InChI is InChI=1S/C62H50N4/c1-39(2)55-35-59(65(49-13-9-7-10-14-49)57-33-47(23-17-41(57)5)45-25-19-43(37-63)20-26-45)53-32-30-52-56(40(3)4)36-60(54-31-29-51(55)61(53)62(52)54)66(50-15-11-8-12-16-50)58-34-48(24-18-42(58)6)46-27-21-44(38-64)22-28-46/h7-36,39-40H,1-6H3. The minimum Gasteiger partial charge on any atom is -0.310 e. The summed E-state index contributed by atoms with van der Waals surface area (Å²) in [6, 6.07) is 69.5. The molecule has 10 aromatic carbocycles. The molecule has 0 bridgehead atoms. The highest BCUT2D eigenvalue weighted by molar-refractivity contribution is 6.29. The van der Waals surface area contributed by atoms with Crippen LogP contribution in [0.15, 0.2) is 182 Å². The molecule has 318 valence electrons. The summed E-state index contributed by atoms with van der Waals surface area (Å²) in [6.45, 7) is 13.6. The molecule has 0 aliphatic rings. The lowest BCUT2D eigenvalue weighted by molar-refractivity contribution is 0.875. The fourth-order valence-electron chi connectivity index (χ4n) is 9.84. The summed E-state index contributed by atoms with van der Waals surface area (Å²) in [4.78, 5) is 4.91. The fourth-order valence-corrected chi connectivity index (χ4v) is 9.84. The van der Waals surface area contributed by atoms with E-state index >= 15 is 0 Å². The van der Waals surface area contributed by atoms with Crippen molar-refractivity contribution in [1.82, 2.24) is 0 Å². The Bertz CT molecular complexity index is 3260. The van der Waals surface area contributed by atoms with E-state index < -0.39 is 0 Å². The summed E-state index contributed by atoms with van der Waals surface area (Å²) >= 11 is 0. The van der Waals surface area contributed by atoms with Crippen LogP contribution in [0.5, 0.6) is 0 Å². The van der Waals surface area contributed by atoms with Gasteiger partial charge in [0, 0.05) is 33.5 Å². The number of benzene rings is 10. The molecule has 0 spiro atoms. The number of hydrogen-bond acceptors (Lipinski definition) is 4. The van der Waals surface area contributed by atoms with E-state index in [-0.39, 0.29) is 11.8 Å². The van der Waals surface area contributed by atoms with Gasteiger partial charge < -0.3 is 9.80 Å². The van der Waals surface area contributed by atoms with Crippen molar-refractivity contribution in [3.63, 3.8) is 0 Å². The number of aryl methyl sites for hydroxylation is 2. The molecule has 0 aromatic heterocycles. The summed E-state index contributed by atoms with van der Waals surface area (Å²) in [6.07, 6.45) is 0. The number of hydrogen-bond donors (Lipinski definition) is 0. The van der Waals surface area contributed by atoms with Crippen LogP contribution in [0, 0.1) is 36.5 Å². The van der Waals surface area contributed by atoms with E-state index in [9.17, 15) is 10.5 Å². The van der Waals surface area contributed by atoms with E-state index in [0.717, 1.165) is 67.5 Å². The Labute approximate surface area is 388 Å². The van der Waals surface area contributed by atoms with Gasteiger partial charge in [-0.3, -0.25) is 0 Å². The van der Waals surface area contributed by atoms with Crippen molar-refractivity contribution in [2.45, 2.75) is 53.4 Å². The zero-order chi connectivity index (χ0) is 45.6. The first-order valence-corrected chi connectivity index (χ1v) is 22.8. The van der Waals surface area contributed by atoms with Crippen molar-refractivity contribution in [1.29, 1.82) is 10.5 Å². The molecule has 66 heavy (non-hydrogen) atoms. The van der Waals surface area contributed by atoms with Crippen LogP contribution in [-0.2, 0) is 0 Å². The Balaban J connectivity index is 1.28. The molecule has 10 rings (SSSR count). The number of anilines is 6. The molecule has 0 aliphatic heterocycles. The Morgan fingerprint density at radius 1 is 0.364 bits per heavy atom. The van der Waals surface area contributed by atoms with Crippen LogP contribution < -0.4 is 9.80 Å². The van der Waals surface area contributed by atoms with Crippen LogP contribution in [0.3, 0.4) is 0 Å². The third-order valence-corrected chi connectivity index (χ3v) is 13.3. The fraction of sp³-hybridized carbons (Fsp3) is 0.129. The van der Waals surface area contributed by atoms with Crippen LogP contribution in [-0.4, -0.2) is 0 Å². The smallest absolute Gasteiger partial charge is 0.0991 e. The minimum atomic E-state index is 0.245. The molecule has 0 saturated heterocycles. The minimum absolute atomic E-state index is 0.245. The van der Waals surface area contributed by atoms with Crippen LogP contribution in [0.1, 0.15) is 72.9 Å². The lowest BCUT2D eigenvalue weighted by atomic mass is 9.84. The van der Waals surface area contributed by atoms with Crippen molar-refractivity contribution in [2.75, 3.05) is 9.80 Å². The summed E-state index contributed by atoms with van der Waals surface area (Å²) in [5.74, 6) is 0.490. The maximum Gasteiger partial charge on any atom is 0.0991 e. The SMILES string of the molecule is Cc1ccc(-c2ccc(C#N)cc2)cc1N(c1ccccc1)c1cc(C(C)C)c2ccc3c(N(c4ccccc4)c4cc(-c5ccc(C#N)cc5)ccc4C)cc(C(C)C)c4ccc1c2c43. The maximum absolute atomic E-state index is 9.55. The second-order valence-corrected chi connectivity index (χ2v) is 18.1. The topological polar surface area (TPSA) is 54.1 Å². The first-order valence-electron chi connectivity index (χ1n) is 22.8. The van der Waals surface area contributed by atoms with Crippen molar-refractivity contribution in [2.24, 2.45) is 0 Å². The average molecular weight is 851 g/mol. The van der Waals surface area contributed by atoms with Crippen LogP contribution in [0.4, 0.5) is 34.1 Å². The molecule has 0 N–H and O–H groups in total. The van der Waals surface area contributed by atoms with E-state index in [1.807, 2.05) is 48.5 Å². The van der Waals surface area contributed by atoms with Gasteiger partial charge in [0.05, 0.1) is 34.6 Å². The lowest BCUT2D eigenvalue weighted by Crippen LogP contribution is -2.14. The maximum atomic E-state index is 9.55. The molecular weight excluding hydrogens is 801 g/mol. The van der Waals surface area contributed by atoms with Gasteiger partial charge >= 0.3 is 0 Å². The Morgan fingerprint density at radius 2 is 0.712 bits per heavy atom. The third kappa shape index (κ3) is 7.28. The number of para-hydroxylation sites is 2. The van der Waals surface area contributed by atoms with Gasteiger partial charge in [-0.1, -0.05) is 137 Å². The average Bonchev–Trinajstić information content (AvgIpc) is 3.35. The second kappa shape index (κ2) is 17.1. The molecule has 0 saturated carbocycles. The van der Waals surface area contributed by atoms with E-state index in [1.165, 1.54) is 43.4 Å². The van der Waals surface area contributed by atoms with E-state index in [1.54, 1.807) is 0 Å². The van der Waals surface area contributed by atoms with Gasteiger partial charge in [-0.25, -0.2) is 0 Å². The molecule has 0 amide bonds. The molecule has 0 atom stereocenters. The van der Waals surface area contributed by atoms with Crippen molar-refractivity contribution < 1.29 is 0 Å². The summed E-state index contributed by atoms with van der Waals surface area (Å²) in [5, 5.41) is 26.6. The van der Waals surface area contributed by atoms with E-state index in [2.05, 4.69) is 197 Å². The van der Waals surface area contributed by atoms with Crippen LogP contribution >= 0.6 is 0 Å². The predicted octanol–water partition coefficient (Wildman–Crippen LogP) is 17.5. The Morgan fingerprint density at radius 3 is 1.06 bits per heavy atom. The van der Waals surface area contributed by atoms with Crippen LogP contribution in [0.2, 0.25) is 0 Å². The first kappa shape index (κ1) is 41.8. The van der Waals surface area contributed by atoms with Gasteiger partial charge in [-0.15, -0.1) is 0 Å². The zero-order valence-corrected chi connectivity index (χ0v) is 38.3. The van der Waals surface area contributed by atoms with Gasteiger partial charge in [0.15, 0.2) is 0 Å². The van der Waals surface area contributed by atoms with E-state index in [0.29, 0.717) is 11.1 Å². The lowest BCUT2D eigenvalue weighted by Gasteiger charge is -2.32. The number of nitrogens with zero attached hydrogens (tertiary/aromatic N) is 4. The van der Waals surface area contributed by atoms with Crippen molar-refractivity contribution >= 4 is 66.4 Å². The van der Waals surface area contributed by atoms with Gasteiger partial charge in [-0.05, 0) is 165 Å². The third-order valence-electron chi connectivity index (χ3n) is 13.3. The molecule has 0 aliphatic carbocycles. The largest absolute Gasteiger partial charge is 0.310 e. The van der Waals surface area contributed by atoms with Gasteiger partial charge in [-0.2, -0.15) is 10.5 Å². The molecule has 10 aromatic rings. The number of rotatable bonds is 10. The van der Waals surface area contributed by atoms with Gasteiger partial charge in [0.25, 0.3) is 0 Å². The highest BCUT2D eigenvalue weighted by atomic mass is 15.2. The molecular formula is C62H50N4.